The molecule has 2 rings (SSSR count). The van der Waals surface area contributed by atoms with Gasteiger partial charge in [0.1, 0.15) is 0 Å². The minimum atomic E-state index is 0.512. The first-order valence-electron chi connectivity index (χ1n) is 4.25. The van der Waals surface area contributed by atoms with E-state index in [9.17, 15) is 0 Å². The minimum Gasteiger partial charge on any atom is -0.304 e. The van der Waals surface area contributed by atoms with Gasteiger partial charge in [0, 0.05) is 21.6 Å². The van der Waals surface area contributed by atoms with Crippen LogP contribution in [0.25, 0.3) is 0 Å². The third-order valence-corrected chi connectivity index (χ3v) is 3.03. The van der Waals surface area contributed by atoms with Gasteiger partial charge in [-0.2, -0.15) is 0 Å². The molecule has 0 aromatic heterocycles. The first kappa shape index (κ1) is 8.51. The molecule has 3 unspecified atom stereocenters. The van der Waals surface area contributed by atoms with Crippen LogP contribution in [0.15, 0.2) is 34.0 Å². The highest BCUT2D eigenvalue weighted by atomic mass is 127. The summed E-state index contributed by atoms with van der Waals surface area (Å²) in [6.45, 7) is 2.19. The van der Waals surface area contributed by atoms with Crippen LogP contribution in [-0.2, 0) is 0 Å². The number of hydrogen-bond acceptors (Lipinski definition) is 1. The molecule has 12 heavy (non-hydrogen) atoms. The van der Waals surface area contributed by atoms with Crippen molar-refractivity contribution in [1.82, 2.24) is 5.32 Å². The molecule has 0 saturated heterocycles. The molecule has 64 valence electrons. The Morgan fingerprint density at radius 3 is 3.00 bits per heavy atom. The maximum absolute atomic E-state index is 3.53. The number of halogens is 1. The Labute approximate surface area is 86.8 Å². The molecule has 1 nitrogen and oxygen atoms in total. The van der Waals surface area contributed by atoms with Gasteiger partial charge in [-0.3, -0.25) is 0 Å². The molecule has 0 aromatic carbocycles. The van der Waals surface area contributed by atoms with E-state index in [0.29, 0.717) is 18.0 Å². The van der Waals surface area contributed by atoms with Gasteiger partial charge in [0.05, 0.1) is 0 Å². The maximum atomic E-state index is 3.53. The average molecular weight is 273 g/mol. The Hall–Kier alpha value is -0.0900. The van der Waals surface area contributed by atoms with Crippen LogP contribution >= 0.6 is 22.6 Å². The molecular weight excluding hydrogens is 261 g/mol. The van der Waals surface area contributed by atoms with Crippen LogP contribution in [0.2, 0.25) is 0 Å². The van der Waals surface area contributed by atoms with Crippen molar-refractivity contribution in [1.29, 1.82) is 0 Å². The van der Waals surface area contributed by atoms with Gasteiger partial charge in [0.15, 0.2) is 0 Å². The van der Waals surface area contributed by atoms with Crippen molar-refractivity contribution in [2.24, 2.45) is 5.92 Å². The summed E-state index contributed by atoms with van der Waals surface area (Å²) in [6, 6.07) is 1.03. The van der Waals surface area contributed by atoms with Crippen LogP contribution in [0.1, 0.15) is 6.92 Å². The number of rotatable bonds is 0. The molecule has 1 heterocycles. The zero-order chi connectivity index (χ0) is 8.55. The molecule has 0 bridgehead atoms. The van der Waals surface area contributed by atoms with E-state index in [1.165, 1.54) is 3.58 Å². The molecule has 0 aromatic rings. The summed E-state index contributed by atoms with van der Waals surface area (Å²) in [5.41, 5.74) is 0. The third-order valence-electron chi connectivity index (χ3n) is 2.31. The van der Waals surface area contributed by atoms with Crippen LogP contribution in [0, 0.1) is 5.92 Å². The second-order valence-corrected chi connectivity index (χ2v) is 4.60. The van der Waals surface area contributed by atoms with Crippen LogP contribution < -0.4 is 5.32 Å². The average Bonchev–Trinajstić information content (AvgIpc) is 2.03. The lowest BCUT2D eigenvalue weighted by atomic mass is 9.91. The molecule has 1 aliphatic carbocycles. The van der Waals surface area contributed by atoms with Gasteiger partial charge >= 0.3 is 0 Å². The van der Waals surface area contributed by atoms with Crippen molar-refractivity contribution < 1.29 is 0 Å². The first-order valence-corrected chi connectivity index (χ1v) is 5.33. The molecule has 0 amide bonds. The molecular formula is C10H12IN. The van der Waals surface area contributed by atoms with Gasteiger partial charge in [-0.15, -0.1) is 0 Å². The van der Waals surface area contributed by atoms with E-state index in [-0.39, 0.29) is 0 Å². The van der Waals surface area contributed by atoms with E-state index in [2.05, 4.69) is 65.2 Å². The summed E-state index contributed by atoms with van der Waals surface area (Å²) < 4.78 is 1.34. The summed E-state index contributed by atoms with van der Waals surface area (Å²) in [5.74, 6) is 0.569. The van der Waals surface area contributed by atoms with Gasteiger partial charge in [-0.1, -0.05) is 30.4 Å². The Kier molecular flexibility index (Phi) is 2.37. The second-order valence-electron chi connectivity index (χ2n) is 3.35. The lowest BCUT2D eigenvalue weighted by Gasteiger charge is -2.30. The van der Waals surface area contributed by atoms with Crippen LogP contribution in [0.5, 0.6) is 0 Å². The number of allylic oxidation sites excluding steroid dienone is 2. The molecule has 0 spiro atoms. The molecule has 0 fully saturated rings. The molecule has 2 aliphatic rings. The van der Waals surface area contributed by atoms with Gasteiger partial charge in [0.25, 0.3) is 0 Å². The highest BCUT2D eigenvalue weighted by Gasteiger charge is 2.22. The fraction of sp³-hybridized carbons (Fsp3) is 0.400. The maximum Gasteiger partial charge on any atom is 0.0366 e. The van der Waals surface area contributed by atoms with Crippen molar-refractivity contribution in [3.63, 3.8) is 0 Å². The van der Waals surface area contributed by atoms with Gasteiger partial charge < -0.3 is 5.32 Å². The van der Waals surface area contributed by atoms with E-state index in [1.54, 1.807) is 0 Å². The molecule has 2 heteroatoms. The summed E-state index contributed by atoms with van der Waals surface area (Å²) in [7, 11) is 0. The van der Waals surface area contributed by atoms with E-state index in [4.69, 9.17) is 0 Å². The highest BCUT2D eigenvalue weighted by molar-refractivity contribution is 14.1. The summed E-state index contributed by atoms with van der Waals surface area (Å²) in [5, 5.41) is 3.53. The van der Waals surface area contributed by atoms with Gasteiger partial charge in [0.2, 0.25) is 0 Å². The summed E-state index contributed by atoms with van der Waals surface area (Å²) >= 11 is 2.36. The number of hydrogen-bond donors (Lipinski definition) is 1. The summed E-state index contributed by atoms with van der Waals surface area (Å²) in [4.78, 5) is 0. The van der Waals surface area contributed by atoms with Crippen LogP contribution in [0.3, 0.4) is 0 Å². The predicted octanol–water partition coefficient (Wildman–Crippen LogP) is 2.41. The first-order chi connectivity index (χ1) is 5.75. The van der Waals surface area contributed by atoms with Crippen molar-refractivity contribution in [3.05, 3.63) is 34.0 Å². The standard InChI is InChI=1S/C10H12IN/c1-7-2-3-8-4-5-9(11)6-10(8)12-7/h2-8,10,12H,1H3. The zero-order valence-corrected chi connectivity index (χ0v) is 9.15. The SMILES string of the molecule is CC1C=CC2C=CC(I)=CC2N1. The minimum absolute atomic E-state index is 0.512. The monoisotopic (exact) mass is 273 g/mol. The van der Waals surface area contributed by atoms with Crippen molar-refractivity contribution in [3.8, 4) is 0 Å². The molecule has 1 N–H and O–H groups in total. The Morgan fingerprint density at radius 1 is 1.33 bits per heavy atom. The van der Waals surface area contributed by atoms with Crippen molar-refractivity contribution in [2.75, 3.05) is 0 Å². The molecule has 1 aliphatic heterocycles. The largest absolute Gasteiger partial charge is 0.304 e. The number of nitrogens with one attached hydrogen (secondary N) is 1. The van der Waals surface area contributed by atoms with E-state index in [1.807, 2.05) is 0 Å². The zero-order valence-electron chi connectivity index (χ0n) is 7.00. The highest BCUT2D eigenvalue weighted by Crippen LogP contribution is 2.24. The quantitative estimate of drug-likeness (QED) is 0.528. The third kappa shape index (κ3) is 1.64. The lowest BCUT2D eigenvalue weighted by molar-refractivity contribution is 0.474. The van der Waals surface area contributed by atoms with Crippen LogP contribution in [0.4, 0.5) is 0 Å². The Morgan fingerprint density at radius 2 is 2.17 bits per heavy atom. The predicted molar refractivity (Wildman–Crippen MR) is 60.3 cm³/mol. The van der Waals surface area contributed by atoms with Gasteiger partial charge in [-0.25, -0.2) is 0 Å². The van der Waals surface area contributed by atoms with E-state index < -0.39 is 0 Å². The van der Waals surface area contributed by atoms with Crippen molar-refractivity contribution in [2.45, 2.75) is 19.0 Å². The fourth-order valence-corrected chi connectivity index (χ4v) is 2.25. The lowest BCUT2D eigenvalue weighted by Crippen LogP contribution is -2.42. The second kappa shape index (κ2) is 3.34. The Balaban J connectivity index is 2.22. The molecule has 3 atom stereocenters. The smallest absolute Gasteiger partial charge is 0.0366 e. The van der Waals surface area contributed by atoms with Crippen molar-refractivity contribution >= 4 is 22.6 Å². The number of fused-ring (bicyclic) bond motifs is 1. The van der Waals surface area contributed by atoms with E-state index in [0.717, 1.165) is 0 Å². The molecule has 0 saturated carbocycles. The topological polar surface area (TPSA) is 12.0 Å². The molecule has 0 radical (unpaired) electrons. The van der Waals surface area contributed by atoms with Crippen LogP contribution in [-0.4, -0.2) is 12.1 Å². The van der Waals surface area contributed by atoms with E-state index >= 15 is 0 Å². The summed E-state index contributed by atoms with van der Waals surface area (Å²) in [6.07, 6.45) is 11.3. The fourth-order valence-electron chi connectivity index (χ4n) is 1.66. The Bertz CT molecular complexity index is 265. The van der Waals surface area contributed by atoms with Gasteiger partial charge in [-0.05, 0) is 29.5 Å². The normalized spacial score (nSPS) is 39.2.